The predicted octanol–water partition coefficient (Wildman–Crippen LogP) is 1.82. The number of aromatic nitrogens is 1. The Balaban J connectivity index is 3.14. The number of nitrogens with zero attached hydrogens (tertiary/aromatic N) is 3. The first-order valence-corrected chi connectivity index (χ1v) is 6.68. The van der Waals surface area contributed by atoms with Crippen LogP contribution in [0, 0.1) is 10.1 Å². The highest BCUT2D eigenvalue weighted by molar-refractivity contribution is 5.93. The van der Waals surface area contributed by atoms with Gasteiger partial charge in [0.2, 0.25) is 0 Å². The Kier molecular flexibility index (Phi) is 5.69. The van der Waals surface area contributed by atoms with Gasteiger partial charge in [0.25, 0.3) is 11.6 Å². The third kappa shape index (κ3) is 3.57. The fourth-order valence-corrected chi connectivity index (χ4v) is 2.03. The Morgan fingerprint density at radius 3 is 2.60 bits per heavy atom. The monoisotopic (exact) mass is 283 g/mol. The zero-order valence-corrected chi connectivity index (χ0v) is 12.1. The van der Waals surface area contributed by atoms with E-state index in [9.17, 15) is 14.9 Å². The van der Waals surface area contributed by atoms with Gasteiger partial charge in [-0.1, -0.05) is 6.92 Å². The van der Waals surface area contributed by atoms with E-state index in [2.05, 4.69) is 0 Å². The molecule has 0 spiro atoms. The Morgan fingerprint density at radius 1 is 1.50 bits per heavy atom. The van der Waals surface area contributed by atoms with Gasteiger partial charge in [0.05, 0.1) is 17.7 Å². The Bertz CT molecular complexity index is 476. The molecule has 0 atom stereocenters. The highest BCUT2D eigenvalue weighted by Crippen LogP contribution is 2.22. The number of aliphatic hydroxyl groups excluding tert-OH is 1. The van der Waals surface area contributed by atoms with Crippen molar-refractivity contribution in [2.24, 2.45) is 0 Å². The summed E-state index contributed by atoms with van der Waals surface area (Å²) in [6.07, 6.45) is 2.14. The molecular formula is C13H21N3O4. The molecule has 1 aromatic rings. The molecule has 7 nitrogen and oxygen atoms in total. The molecule has 0 saturated heterocycles. The maximum atomic E-state index is 12.5. The van der Waals surface area contributed by atoms with E-state index in [1.165, 1.54) is 17.2 Å². The summed E-state index contributed by atoms with van der Waals surface area (Å²) in [6, 6.07) is 1.24. The second-order valence-corrected chi connectivity index (χ2v) is 4.86. The van der Waals surface area contributed by atoms with Crippen molar-refractivity contribution in [1.29, 1.82) is 0 Å². The van der Waals surface area contributed by atoms with Crippen LogP contribution < -0.4 is 0 Å². The second-order valence-electron chi connectivity index (χ2n) is 4.86. The van der Waals surface area contributed by atoms with Gasteiger partial charge in [-0.25, -0.2) is 0 Å². The van der Waals surface area contributed by atoms with Crippen molar-refractivity contribution in [1.82, 2.24) is 9.47 Å². The molecule has 1 N–H and O–H groups in total. The van der Waals surface area contributed by atoms with Gasteiger partial charge >= 0.3 is 0 Å². The standard InChI is InChI=1S/C13H21N3O4/c1-4-5-14(6-7-17)13(18)12-8-11(16(19)20)9-15(12)10(2)3/h8-10,17H,4-7H2,1-3H3. The lowest BCUT2D eigenvalue weighted by molar-refractivity contribution is -0.384. The van der Waals surface area contributed by atoms with Crippen LogP contribution in [0.4, 0.5) is 5.69 Å². The summed E-state index contributed by atoms with van der Waals surface area (Å²) in [5.74, 6) is -0.289. The fourth-order valence-electron chi connectivity index (χ4n) is 2.03. The third-order valence-electron chi connectivity index (χ3n) is 2.97. The number of carbonyl (C=O) groups excluding carboxylic acids is 1. The lowest BCUT2D eigenvalue weighted by atomic mass is 10.3. The number of nitro groups is 1. The molecule has 0 aliphatic heterocycles. The highest BCUT2D eigenvalue weighted by Gasteiger charge is 2.24. The first-order chi connectivity index (χ1) is 9.42. The van der Waals surface area contributed by atoms with Crippen LogP contribution in [0.5, 0.6) is 0 Å². The summed E-state index contributed by atoms with van der Waals surface area (Å²) in [6.45, 7) is 6.26. The minimum atomic E-state index is -0.508. The van der Waals surface area contributed by atoms with Gasteiger partial charge in [-0.15, -0.1) is 0 Å². The molecule has 0 aromatic carbocycles. The molecule has 0 unspecified atom stereocenters. The van der Waals surface area contributed by atoms with Crippen LogP contribution in [0.3, 0.4) is 0 Å². The molecule has 1 rings (SSSR count). The first kappa shape index (κ1) is 16.2. The van der Waals surface area contributed by atoms with Crippen LogP contribution in [0.25, 0.3) is 0 Å². The lowest BCUT2D eigenvalue weighted by Crippen LogP contribution is -2.35. The summed E-state index contributed by atoms with van der Waals surface area (Å²) >= 11 is 0. The van der Waals surface area contributed by atoms with Crippen molar-refractivity contribution in [2.45, 2.75) is 33.2 Å². The molecule has 7 heteroatoms. The molecule has 112 valence electrons. The Labute approximate surface area is 118 Å². The smallest absolute Gasteiger partial charge is 0.287 e. The van der Waals surface area contributed by atoms with Crippen molar-refractivity contribution in [2.75, 3.05) is 19.7 Å². The summed E-state index contributed by atoms with van der Waals surface area (Å²) < 4.78 is 1.60. The van der Waals surface area contributed by atoms with E-state index in [1.54, 1.807) is 4.57 Å². The molecule has 0 radical (unpaired) electrons. The normalized spacial score (nSPS) is 10.8. The van der Waals surface area contributed by atoms with Crippen LogP contribution >= 0.6 is 0 Å². The topological polar surface area (TPSA) is 88.6 Å². The first-order valence-electron chi connectivity index (χ1n) is 6.68. The average Bonchev–Trinajstić information content (AvgIpc) is 2.83. The van der Waals surface area contributed by atoms with Crippen LogP contribution in [-0.2, 0) is 0 Å². The van der Waals surface area contributed by atoms with E-state index in [1.807, 2.05) is 20.8 Å². The number of rotatable bonds is 7. The van der Waals surface area contributed by atoms with E-state index in [4.69, 9.17) is 5.11 Å². The number of hydrogen-bond acceptors (Lipinski definition) is 4. The molecular weight excluding hydrogens is 262 g/mol. The van der Waals surface area contributed by atoms with Crippen molar-refractivity contribution in [3.05, 3.63) is 28.1 Å². The minimum Gasteiger partial charge on any atom is -0.395 e. The summed E-state index contributed by atoms with van der Waals surface area (Å²) in [4.78, 5) is 24.3. The van der Waals surface area contributed by atoms with Crippen LogP contribution in [0.15, 0.2) is 12.3 Å². The summed E-state index contributed by atoms with van der Waals surface area (Å²) in [7, 11) is 0. The summed E-state index contributed by atoms with van der Waals surface area (Å²) in [5.41, 5.74) is 0.191. The molecule has 0 aliphatic carbocycles. The van der Waals surface area contributed by atoms with Gasteiger partial charge < -0.3 is 14.6 Å². The number of aliphatic hydroxyl groups is 1. The number of carbonyl (C=O) groups is 1. The van der Waals surface area contributed by atoms with Gasteiger partial charge in [-0.2, -0.15) is 0 Å². The van der Waals surface area contributed by atoms with Crippen molar-refractivity contribution >= 4 is 11.6 Å². The Hall–Kier alpha value is -1.89. The van der Waals surface area contributed by atoms with E-state index >= 15 is 0 Å². The molecule has 0 fully saturated rings. The van der Waals surface area contributed by atoms with Gasteiger partial charge in [0, 0.05) is 25.2 Å². The molecule has 1 heterocycles. The van der Waals surface area contributed by atoms with E-state index in [-0.39, 0.29) is 36.5 Å². The van der Waals surface area contributed by atoms with Gasteiger partial charge in [0.15, 0.2) is 0 Å². The Morgan fingerprint density at radius 2 is 2.15 bits per heavy atom. The van der Waals surface area contributed by atoms with Crippen molar-refractivity contribution < 1.29 is 14.8 Å². The van der Waals surface area contributed by atoms with E-state index in [0.717, 1.165) is 6.42 Å². The maximum absolute atomic E-state index is 12.5. The van der Waals surface area contributed by atoms with Crippen LogP contribution in [0.1, 0.15) is 43.7 Å². The van der Waals surface area contributed by atoms with Gasteiger partial charge in [0.1, 0.15) is 5.69 Å². The molecule has 0 bridgehead atoms. The predicted molar refractivity (Wildman–Crippen MR) is 74.8 cm³/mol. The number of amides is 1. The molecule has 1 aromatic heterocycles. The molecule has 20 heavy (non-hydrogen) atoms. The third-order valence-corrected chi connectivity index (χ3v) is 2.97. The largest absolute Gasteiger partial charge is 0.395 e. The zero-order valence-electron chi connectivity index (χ0n) is 12.1. The van der Waals surface area contributed by atoms with E-state index in [0.29, 0.717) is 6.54 Å². The molecule has 0 aliphatic rings. The highest BCUT2D eigenvalue weighted by atomic mass is 16.6. The van der Waals surface area contributed by atoms with Crippen molar-refractivity contribution in [3.63, 3.8) is 0 Å². The van der Waals surface area contributed by atoms with Crippen LogP contribution in [-0.4, -0.2) is 45.1 Å². The summed E-state index contributed by atoms with van der Waals surface area (Å²) in [5, 5.41) is 19.9. The molecule has 0 saturated carbocycles. The lowest BCUT2D eigenvalue weighted by Gasteiger charge is -2.22. The van der Waals surface area contributed by atoms with E-state index < -0.39 is 4.92 Å². The maximum Gasteiger partial charge on any atom is 0.287 e. The van der Waals surface area contributed by atoms with Crippen LogP contribution in [0.2, 0.25) is 0 Å². The minimum absolute atomic E-state index is 0.0553. The quantitative estimate of drug-likeness (QED) is 0.610. The van der Waals surface area contributed by atoms with Gasteiger partial charge in [-0.3, -0.25) is 14.9 Å². The second kappa shape index (κ2) is 7.04. The average molecular weight is 283 g/mol. The van der Waals surface area contributed by atoms with Gasteiger partial charge in [-0.05, 0) is 20.3 Å². The number of hydrogen-bond donors (Lipinski definition) is 1. The SMILES string of the molecule is CCCN(CCO)C(=O)c1cc([N+](=O)[O-])cn1C(C)C. The fraction of sp³-hybridized carbons (Fsp3) is 0.615. The van der Waals surface area contributed by atoms with Crippen molar-refractivity contribution in [3.8, 4) is 0 Å². The zero-order chi connectivity index (χ0) is 15.3. The molecule has 1 amide bonds.